The van der Waals surface area contributed by atoms with Gasteiger partial charge in [-0.25, -0.2) is 8.42 Å². The smallest absolute Gasteiger partial charge is 0.171 e. The maximum absolute atomic E-state index is 12.0. The van der Waals surface area contributed by atoms with Crippen molar-refractivity contribution in [2.24, 2.45) is 5.41 Å². The van der Waals surface area contributed by atoms with Crippen LogP contribution in [0.3, 0.4) is 0 Å². The van der Waals surface area contributed by atoms with Gasteiger partial charge in [-0.05, 0) is 0 Å². The number of hydrogen-bond donors (Lipinski definition) is 1. The zero-order valence-corrected chi connectivity index (χ0v) is 12.6. The number of thioether (sulfide) groups is 1. The van der Waals surface area contributed by atoms with Gasteiger partial charge in [-0.1, -0.05) is 27.7 Å². The highest BCUT2D eigenvalue weighted by Gasteiger charge is 2.37. The van der Waals surface area contributed by atoms with Gasteiger partial charge < -0.3 is 4.90 Å². The summed E-state index contributed by atoms with van der Waals surface area (Å²) in [5, 5.41) is 7.66. The second-order valence-corrected chi connectivity index (χ2v) is 8.87. The van der Waals surface area contributed by atoms with Gasteiger partial charge in [0, 0.05) is 29.2 Å². The van der Waals surface area contributed by atoms with Gasteiger partial charge in [-0.3, -0.25) is 5.41 Å². The Morgan fingerprint density at radius 2 is 2.06 bits per heavy atom. The standard InChI is InChI=1S/C11H22N2O2S2/c1-5-17(14,15)9-8-16-7-6-13(9)10(12)11(2,3)4/h9,12H,5-8H2,1-4H3. The van der Waals surface area contributed by atoms with Crippen molar-refractivity contribution in [3.8, 4) is 0 Å². The molecule has 1 atom stereocenters. The van der Waals surface area contributed by atoms with Crippen LogP contribution in [0, 0.1) is 10.8 Å². The summed E-state index contributed by atoms with van der Waals surface area (Å²) < 4.78 is 24.1. The molecule has 0 amide bonds. The molecule has 100 valence electrons. The first kappa shape index (κ1) is 14.8. The van der Waals surface area contributed by atoms with Crippen molar-refractivity contribution in [3.63, 3.8) is 0 Å². The van der Waals surface area contributed by atoms with E-state index in [2.05, 4.69) is 0 Å². The first-order chi connectivity index (χ1) is 7.70. The zero-order valence-electron chi connectivity index (χ0n) is 11.0. The minimum atomic E-state index is -3.11. The van der Waals surface area contributed by atoms with Crippen molar-refractivity contribution in [1.82, 2.24) is 4.90 Å². The largest absolute Gasteiger partial charge is 0.342 e. The number of nitrogens with zero attached hydrogens (tertiary/aromatic N) is 1. The Hall–Kier alpha value is -0.230. The van der Waals surface area contributed by atoms with E-state index in [-0.39, 0.29) is 11.2 Å². The van der Waals surface area contributed by atoms with Gasteiger partial charge in [0.25, 0.3) is 0 Å². The van der Waals surface area contributed by atoms with E-state index in [0.29, 0.717) is 18.1 Å². The van der Waals surface area contributed by atoms with Gasteiger partial charge in [0.2, 0.25) is 0 Å². The summed E-state index contributed by atoms with van der Waals surface area (Å²) in [5.74, 6) is 2.05. The van der Waals surface area contributed by atoms with E-state index < -0.39 is 15.2 Å². The maximum atomic E-state index is 12.0. The van der Waals surface area contributed by atoms with Crippen LogP contribution >= 0.6 is 11.8 Å². The molecule has 0 bridgehead atoms. The first-order valence-electron chi connectivity index (χ1n) is 5.85. The summed E-state index contributed by atoms with van der Waals surface area (Å²) in [6.07, 6.45) is 0. The molecule has 0 aliphatic carbocycles. The number of hydrogen-bond acceptors (Lipinski definition) is 4. The molecular weight excluding hydrogens is 256 g/mol. The monoisotopic (exact) mass is 278 g/mol. The quantitative estimate of drug-likeness (QED) is 0.618. The summed E-state index contributed by atoms with van der Waals surface area (Å²) in [5.41, 5.74) is -0.302. The van der Waals surface area contributed by atoms with E-state index >= 15 is 0 Å². The van der Waals surface area contributed by atoms with Gasteiger partial charge in [0.1, 0.15) is 11.2 Å². The molecule has 1 unspecified atom stereocenters. The van der Waals surface area contributed by atoms with E-state index in [1.165, 1.54) is 0 Å². The molecule has 1 aliphatic rings. The molecular formula is C11H22N2O2S2. The minimum absolute atomic E-state index is 0.145. The normalized spacial score (nSPS) is 22.6. The predicted molar refractivity (Wildman–Crippen MR) is 74.5 cm³/mol. The molecule has 0 aromatic carbocycles. The Morgan fingerprint density at radius 1 is 1.47 bits per heavy atom. The molecule has 0 saturated carbocycles. The molecule has 1 fully saturated rings. The SMILES string of the molecule is CCS(=O)(=O)C1CSCCN1C(=N)C(C)(C)C. The third-order valence-corrected chi connectivity index (χ3v) is 6.19. The number of sulfone groups is 1. The van der Waals surface area contributed by atoms with Crippen LogP contribution in [0.15, 0.2) is 0 Å². The second-order valence-electron chi connectivity index (χ2n) is 5.27. The second kappa shape index (κ2) is 5.18. The van der Waals surface area contributed by atoms with Crippen molar-refractivity contribution >= 4 is 27.4 Å². The van der Waals surface area contributed by atoms with Crippen molar-refractivity contribution in [3.05, 3.63) is 0 Å². The van der Waals surface area contributed by atoms with E-state index in [0.717, 1.165) is 5.75 Å². The van der Waals surface area contributed by atoms with Crippen LogP contribution in [-0.2, 0) is 9.84 Å². The van der Waals surface area contributed by atoms with Gasteiger partial charge in [0.15, 0.2) is 9.84 Å². The van der Waals surface area contributed by atoms with Crippen LogP contribution in [0.4, 0.5) is 0 Å². The fraction of sp³-hybridized carbons (Fsp3) is 0.909. The van der Waals surface area contributed by atoms with Crippen LogP contribution in [0.1, 0.15) is 27.7 Å². The number of nitrogens with one attached hydrogen (secondary N) is 1. The van der Waals surface area contributed by atoms with Crippen molar-refractivity contribution in [2.75, 3.05) is 23.8 Å². The summed E-state index contributed by atoms with van der Waals surface area (Å²) >= 11 is 1.66. The van der Waals surface area contributed by atoms with Gasteiger partial charge in [-0.2, -0.15) is 11.8 Å². The number of rotatable bonds is 2. The molecule has 1 rings (SSSR count). The molecule has 1 heterocycles. The minimum Gasteiger partial charge on any atom is -0.342 e. The molecule has 0 spiro atoms. The topological polar surface area (TPSA) is 61.2 Å². The van der Waals surface area contributed by atoms with E-state index in [1.54, 1.807) is 23.6 Å². The van der Waals surface area contributed by atoms with Crippen molar-refractivity contribution in [1.29, 1.82) is 5.41 Å². The number of amidine groups is 1. The molecule has 1 aliphatic heterocycles. The molecule has 0 radical (unpaired) electrons. The Bertz CT molecular complexity index is 385. The van der Waals surface area contributed by atoms with Crippen molar-refractivity contribution in [2.45, 2.75) is 33.1 Å². The van der Waals surface area contributed by atoms with Crippen LogP contribution in [-0.4, -0.2) is 48.3 Å². The fourth-order valence-electron chi connectivity index (χ4n) is 1.76. The van der Waals surface area contributed by atoms with E-state index in [1.807, 2.05) is 20.8 Å². The lowest BCUT2D eigenvalue weighted by Crippen LogP contribution is -2.53. The lowest BCUT2D eigenvalue weighted by atomic mass is 9.94. The highest BCUT2D eigenvalue weighted by molar-refractivity contribution is 8.01. The van der Waals surface area contributed by atoms with Crippen LogP contribution in [0.5, 0.6) is 0 Å². The Labute approximate surface area is 109 Å². The molecule has 0 aromatic rings. The first-order valence-corrected chi connectivity index (χ1v) is 8.72. The summed E-state index contributed by atoms with van der Waals surface area (Å²) in [6, 6.07) is 0. The third-order valence-electron chi connectivity index (χ3n) is 2.90. The molecule has 0 aromatic heterocycles. The molecule has 4 nitrogen and oxygen atoms in total. The Balaban J connectivity index is 2.99. The molecule has 1 N–H and O–H groups in total. The van der Waals surface area contributed by atoms with E-state index in [4.69, 9.17) is 5.41 Å². The molecule has 1 saturated heterocycles. The fourth-order valence-corrected chi connectivity index (χ4v) is 4.73. The highest BCUT2D eigenvalue weighted by atomic mass is 32.2. The predicted octanol–water partition coefficient (Wildman–Crippen LogP) is 1.82. The van der Waals surface area contributed by atoms with Crippen LogP contribution in [0.25, 0.3) is 0 Å². The Kier molecular flexibility index (Phi) is 4.52. The Morgan fingerprint density at radius 3 is 2.53 bits per heavy atom. The van der Waals surface area contributed by atoms with E-state index in [9.17, 15) is 8.42 Å². The summed E-state index contributed by atoms with van der Waals surface area (Å²) in [6.45, 7) is 8.18. The molecule has 17 heavy (non-hydrogen) atoms. The van der Waals surface area contributed by atoms with Gasteiger partial charge >= 0.3 is 0 Å². The lowest BCUT2D eigenvalue weighted by molar-refractivity contribution is 0.360. The third kappa shape index (κ3) is 3.37. The van der Waals surface area contributed by atoms with Gasteiger partial charge in [-0.15, -0.1) is 0 Å². The highest BCUT2D eigenvalue weighted by Crippen LogP contribution is 2.27. The van der Waals surface area contributed by atoms with Crippen LogP contribution < -0.4 is 0 Å². The maximum Gasteiger partial charge on any atom is 0.171 e. The zero-order chi connectivity index (χ0) is 13.3. The average Bonchev–Trinajstić information content (AvgIpc) is 2.27. The van der Waals surface area contributed by atoms with Crippen LogP contribution in [0.2, 0.25) is 0 Å². The average molecular weight is 278 g/mol. The summed E-state index contributed by atoms with van der Waals surface area (Å²) in [7, 11) is -3.11. The lowest BCUT2D eigenvalue weighted by Gasteiger charge is -2.40. The van der Waals surface area contributed by atoms with Gasteiger partial charge in [0.05, 0.1) is 0 Å². The molecule has 6 heteroatoms. The van der Waals surface area contributed by atoms with Crippen molar-refractivity contribution < 1.29 is 8.42 Å². The summed E-state index contributed by atoms with van der Waals surface area (Å²) in [4.78, 5) is 1.77.